The second kappa shape index (κ2) is 9.78. The van der Waals surface area contributed by atoms with Gasteiger partial charge in [-0.3, -0.25) is 0 Å². The third kappa shape index (κ3) is 3.79. The molecule has 4 N–H and O–H groups in total. The first kappa shape index (κ1) is 25.9. The molecule has 2 aliphatic heterocycles. The summed E-state index contributed by atoms with van der Waals surface area (Å²) >= 11 is 0. The van der Waals surface area contributed by atoms with Gasteiger partial charge in [0, 0.05) is 65.5 Å². The van der Waals surface area contributed by atoms with Crippen molar-refractivity contribution >= 4 is 44.1 Å². The van der Waals surface area contributed by atoms with Crippen molar-refractivity contribution in [3.63, 3.8) is 0 Å². The van der Waals surface area contributed by atoms with Crippen LogP contribution in [-0.2, 0) is 21.7 Å². The average molecular weight is 580 g/mol. The molecule has 0 atom stereocenters. The van der Waals surface area contributed by atoms with Gasteiger partial charge in [0.1, 0.15) is 22.6 Å². The predicted octanol–water partition coefficient (Wildman–Crippen LogP) is 6.04. The number of hydrogen-bond donors (Lipinski definition) is 2. The Bertz CT molecular complexity index is 2040. The quantitative estimate of drug-likeness (QED) is 0.210. The molecule has 0 saturated carbocycles. The van der Waals surface area contributed by atoms with Crippen LogP contribution in [0.3, 0.4) is 0 Å². The first-order valence-corrected chi connectivity index (χ1v) is 13.0. The number of benzene rings is 4. The molecule has 0 fully saturated rings. The Balaban J connectivity index is 0.00000144. The Morgan fingerprint density at radius 3 is 0.833 bits per heavy atom. The van der Waals surface area contributed by atoms with Crippen molar-refractivity contribution in [2.24, 2.45) is 0 Å². The smallest absolute Gasteiger partial charge is 0.164 e. The van der Waals surface area contributed by atoms with Crippen LogP contribution in [-0.4, -0.2) is 45.3 Å². The van der Waals surface area contributed by atoms with E-state index in [9.17, 15) is 0 Å². The summed E-state index contributed by atoms with van der Waals surface area (Å²) in [5, 5.41) is 3.82. The van der Waals surface area contributed by atoms with Crippen LogP contribution >= 0.6 is 0 Å². The third-order valence-corrected chi connectivity index (χ3v) is 7.46. The molecule has 5 heterocycles. The standard InChI is InChI=1S/C32H18N8.H2O.Ti/c1-2-10-18-17(9-1)25-33-26(18)38-28-21-13-5-6-14-22(21)30(35-28)40-32-24-16-8-7-15-23(24)31(36-32)39-29-20-12-4-3-11-19(20)27(34-29)37-25;;/h1-16H,(H2,33,34,35,36,37,38,39,40);1H2;. The third-order valence-electron chi connectivity index (χ3n) is 7.46. The predicted molar refractivity (Wildman–Crippen MR) is 160 cm³/mol. The number of hydrogen-bond acceptors (Lipinski definition) is 6. The van der Waals surface area contributed by atoms with E-state index in [1.807, 2.05) is 97.1 Å². The first-order chi connectivity index (χ1) is 19.8. The van der Waals surface area contributed by atoms with E-state index in [-0.39, 0.29) is 27.2 Å². The fourth-order valence-corrected chi connectivity index (χ4v) is 5.59. The summed E-state index contributed by atoms with van der Waals surface area (Å²) in [7, 11) is 0. The number of nitrogens with zero attached hydrogens (tertiary/aromatic N) is 6. The molecule has 0 amide bonds. The summed E-state index contributed by atoms with van der Waals surface area (Å²) in [6.07, 6.45) is 0. The number of rotatable bonds is 0. The molecule has 10 heteroatoms. The summed E-state index contributed by atoms with van der Waals surface area (Å²) in [6, 6.07) is 32.2. The van der Waals surface area contributed by atoms with E-state index in [2.05, 4.69) is 9.97 Å². The number of fused-ring (bicyclic) bond motifs is 20. The van der Waals surface area contributed by atoms with Gasteiger partial charge in [-0.2, -0.15) is 0 Å². The van der Waals surface area contributed by atoms with Crippen molar-refractivity contribution in [1.82, 2.24) is 39.9 Å². The van der Waals surface area contributed by atoms with Gasteiger partial charge < -0.3 is 15.4 Å². The minimum absolute atomic E-state index is 0. The molecule has 198 valence electrons. The molecule has 0 spiro atoms. The van der Waals surface area contributed by atoms with Crippen molar-refractivity contribution < 1.29 is 27.2 Å². The van der Waals surface area contributed by atoms with E-state index in [1.165, 1.54) is 0 Å². The number of aromatic nitrogens is 8. The van der Waals surface area contributed by atoms with Gasteiger partial charge in [0.2, 0.25) is 0 Å². The van der Waals surface area contributed by atoms with Crippen LogP contribution in [0, 0.1) is 0 Å². The Morgan fingerprint density at radius 2 is 0.571 bits per heavy atom. The van der Waals surface area contributed by atoms with Crippen molar-refractivity contribution in [2.75, 3.05) is 0 Å². The fraction of sp³-hybridized carbons (Fsp3) is 0. The zero-order valence-corrected chi connectivity index (χ0v) is 23.5. The molecule has 2 aliphatic rings. The second-order valence-corrected chi connectivity index (χ2v) is 9.79. The summed E-state index contributed by atoms with van der Waals surface area (Å²) in [5.74, 6) is 2.39. The Hall–Kier alpha value is -5.09. The van der Waals surface area contributed by atoms with Gasteiger partial charge in [-0.05, 0) is 0 Å². The average Bonchev–Trinajstić information content (AvgIpc) is 3.73. The maximum Gasteiger partial charge on any atom is 0.164 e. The van der Waals surface area contributed by atoms with Crippen LogP contribution in [0.2, 0.25) is 0 Å². The monoisotopic (exact) mass is 580 g/mol. The summed E-state index contributed by atoms with van der Waals surface area (Å²) < 4.78 is 0. The van der Waals surface area contributed by atoms with Crippen LogP contribution < -0.4 is 0 Å². The molecule has 0 radical (unpaired) electrons. The molecular weight excluding hydrogens is 560 g/mol. The maximum absolute atomic E-state index is 5.02. The normalized spacial score (nSPS) is 11.4. The maximum atomic E-state index is 5.02. The molecule has 7 aromatic rings. The zero-order chi connectivity index (χ0) is 26.2. The van der Waals surface area contributed by atoms with Crippen molar-refractivity contribution in [3.05, 3.63) is 97.1 Å². The molecule has 8 bridgehead atoms. The molecule has 42 heavy (non-hydrogen) atoms. The second-order valence-electron chi connectivity index (χ2n) is 9.79. The molecule has 0 saturated heterocycles. The topological polar surface area (TPSA) is 140 Å². The van der Waals surface area contributed by atoms with E-state index in [1.54, 1.807) is 0 Å². The van der Waals surface area contributed by atoms with E-state index in [0.29, 0.717) is 45.9 Å². The van der Waals surface area contributed by atoms with Crippen LogP contribution in [0.15, 0.2) is 97.1 Å². The molecule has 9 rings (SSSR count). The molecular formula is C32H20N8OTi. The molecule has 4 aromatic carbocycles. The van der Waals surface area contributed by atoms with E-state index < -0.39 is 0 Å². The minimum atomic E-state index is 0. The van der Waals surface area contributed by atoms with Gasteiger partial charge in [-0.25, -0.2) is 29.9 Å². The van der Waals surface area contributed by atoms with E-state index in [0.717, 1.165) is 43.8 Å². The van der Waals surface area contributed by atoms with Gasteiger partial charge in [-0.15, -0.1) is 0 Å². The number of H-pyrrole nitrogens is 2. The van der Waals surface area contributed by atoms with Gasteiger partial charge in [0.15, 0.2) is 23.3 Å². The van der Waals surface area contributed by atoms with Gasteiger partial charge in [-0.1, -0.05) is 97.1 Å². The Labute approximate surface area is 253 Å². The van der Waals surface area contributed by atoms with Crippen LogP contribution in [0.5, 0.6) is 0 Å². The fourth-order valence-electron chi connectivity index (χ4n) is 5.59. The van der Waals surface area contributed by atoms with E-state index >= 15 is 0 Å². The minimum Gasteiger partial charge on any atom is -0.412 e. The van der Waals surface area contributed by atoms with E-state index in [4.69, 9.17) is 29.9 Å². The van der Waals surface area contributed by atoms with Crippen LogP contribution in [0.1, 0.15) is 0 Å². The number of aromatic amines is 2. The largest absolute Gasteiger partial charge is 0.412 e. The first-order valence-electron chi connectivity index (χ1n) is 13.0. The van der Waals surface area contributed by atoms with Gasteiger partial charge in [0.25, 0.3) is 0 Å². The summed E-state index contributed by atoms with van der Waals surface area (Å²) in [6.45, 7) is 0. The van der Waals surface area contributed by atoms with Crippen molar-refractivity contribution in [3.8, 4) is 45.6 Å². The van der Waals surface area contributed by atoms with Crippen LogP contribution in [0.4, 0.5) is 0 Å². The summed E-state index contributed by atoms with van der Waals surface area (Å²) in [4.78, 5) is 36.8. The molecule has 0 aliphatic carbocycles. The van der Waals surface area contributed by atoms with Gasteiger partial charge >= 0.3 is 0 Å². The zero-order valence-electron chi connectivity index (χ0n) is 21.9. The van der Waals surface area contributed by atoms with Crippen LogP contribution in [0.25, 0.3) is 89.7 Å². The molecule has 0 unspecified atom stereocenters. The Kier molecular flexibility index (Phi) is 6.02. The molecule has 3 aromatic heterocycles. The number of nitrogens with one attached hydrogen (secondary N) is 2. The van der Waals surface area contributed by atoms with Crippen molar-refractivity contribution in [1.29, 1.82) is 0 Å². The SMILES string of the molecule is O.[Ti].c1ccc2c(c1)-c1nc-2nc2[nH]c(nc3nc(nc4[nH]c(n1)c1ccccc41)-c1ccccc1-3)c1ccccc21. The Morgan fingerprint density at radius 1 is 0.333 bits per heavy atom. The molecule has 9 nitrogen and oxygen atoms in total. The van der Waals surface area contributed by atoms with Gasteiger partial charge in [0.05, 0.1) is 0 Å². The van der Waals surface area contributed by atoms with Crippen molar-refractivity contribution in [2.45, 2.75) is 0 Å². The summed E-state index contributed by atoms with van der Waals surface area (Å²) in [5.41, 5.74) is 6.45.